The summed E-state index contributed by atoms with van der Waals surface area (Å²) in [5.41, 5.74) is 2.66. The van der Waals surface area contributed by atoms with Gasteiger partial charge in [-0.15, -0.1) is 12.4 Å². The molecule has 0 bridgehead atoms. The van der Waals surface area contributed by atoms with Gasteiger partial charge >= 0.3 is 0 Å². The van der Waals surface area contributed by atoms with Crippen molar-refractivity contribution < 1.29 is 4.79 Å². The van der Waals surface area contributed by atoms with Crippen LogP contribution in [0.5, 0.6) is 0 Å². The van der Waals surface area contributed by atoms with Crippen molar-refractivity contribution in [1.29, 1.82) is 0 Å². The van der Waals surface area contributed by atoms with Gasteiger partial charge in [0.05, 0.1) is 6.54 Å². The van der Waals surface area contributed by atoms with Gasteiger partial charge in [0.1, 0.15) is 0 Å². The Morgan fingerprint density at radius 1 is 1.25 bits per heavy atom. The van der Waals surface area contributed by atoms with Gasteiger partial charge < -0.3 is 10.2 Å². The number of hydrogen-bond acceptors (Lipinski definition) is 3. The number of rotatable bonds is 4. The van der Waals surface area contributed by atoms with Gasteiger partial charge in [0.25, 0.3) is 0 Å². The Kier molecular flexibility index (Phi) is 6.99. The Morgan fingerprint density at radius 3 is 2.55 bits per heavy atom. The van der Waals surface area contributed by atoms with Crippen LogP contribution in [0.25, 0.3) is 0 Å². The van der Waals surface area contributed by atoms with Crippen LogP contribution >= 0.6 is 12.4 Å². The van der Waals surface area contributed by atoms with Crippen LogP contribution in [0.3, 0.4) is 0 Å². The standard InChI is InChI=1S/C15H23N3O.ClH/c1-13-4-3-5-14(10-13)12-17-6-8-18(9-7-17)15(19)11-16-2;/h3-5,10,16H,6-9,11-12H2,1-2H3;1H. The summed E-state index contributed by atoms with van der Waals surface area (Å²) in [6.45, 7) is 7.15. The van der Waals surface area contributed by atoms with E-state index in [1.54, 1.807) is 0 Å². The minimum Gasteiger partial charge on any atom is -0.339 e. The molecule has 112 valence electrons. The van der Waals surface area contributed by atoms with Crippen molar-refractivity contribution in [3.05, 3.63) is 35.4 Å². The third-order valence-electron chi connectivity index (χ3n) is 3.54. The van der Waals surface area contributed by atoms with E-state index in [-0.39, 0.29) is 18.3 Å². The Hall–Kier alpha value is -1.10. The van der Waals surface area contributed by atoms with Gasteiger partial charge in [-0.1, -0.05) is 29.8 Å². The Balaban J connectivity index is 0.00000200. The zero-order chi connectivity index (χ0) is 13.7. The molecule has 0 aliphatic carbocycles. The Morgan fingerprint density at radius 2 is 1.95 bits per heavy atom. The van der Waals surface area contributed by atoms with Crippen LogP contribution in [-0.4, -0.2) is 55.5 Å². The quantitative estimate of drug-likeness (QED) is 0.909. The molecular formula is C15H24ClN3O. The van der Waals surface area contributed by atoms with E-state index in [0.717, 1.165) is 32.7 Å². The third kappa shape index (κ3) is 4.78. The molecule has 0 atom stereocenters. The highest BCUT2D eigenvalue weighted by molar-refractivity contribution is 5.85. The van der Waals surface area contributed by atoms with Crippen molar-refractivity contribution in [2.75, 3.05) is 39.8 Å². The monoisotopic (exact) mass is 297 g/mol. The molecule has 0 aromatic heterocycles. The number of halogens is 1. The van der Waals surface area contributed by atoms with E-state index < -0.39 is 0 Å². The molecule has 1 N–H and O–H groups in total. The largest absolute Gasteiger partial charge is 0.339 e. The van der Waals surface area contributed by atoms with Crippen LogP contribution in [0.2, 0.25) is 0 Å². The van der Waals surface area contributed by atoms with Crippen LogP contribution in [0.15, 0.2) is 24.3 Å². The molecule has 0 spiro atoms. The molecular weight excluding hydrogens is 274 g/mol. The Bertz CT molecular complexity index is 431. The summed E-state index contributed by atoms with van der Waals surface area (Å²) < 4.78 is 0. The highest BCUT2D eigenvalue weighted by Gasteiger charge is 2.20. The summed E-state index contributed by atoms with van der Waals surface area (Å²) >= 11 is 0. The molecule has 2 rings (SSSR count). The summed E-state index contributed by atoms with van der Waals surface area (Å²) in [7, 11) is 1.81. The lowest BCUT2D eigenvalue weighted by Crippen LogP contribution is -2.50. The molecule has 1 aromatic carbocycles. The van der Waals surface area contributed by atoms with Crippen LogP contribution in [0.1, 0.15) is 11.1 Å². The van der Waals surface area contributed by atoms with Gasteiger partial charge in [0, 0.05) is 32.7 Å². The fourth-order valence-electron chi connectivity index (χ4n) is 2.49. The van der Waals surface area contributed by atoms with Crippen molar-refractivity contribution in [1.82, 2.24) is 15.1 Å². The predicted octanol–water partition coefficient (Wildman–Crippen LogP) is 1.28. The lowest BCUT2D eigenvalue weighted by molar-refractivity contribution is -0.131. The molecule has 20 heavy (non-hydrogen) atoms. The maximum Gasteiger partial charge on any atom is 0.236 e. The van der Waals surface area contributed by atoms with Crippen molar-refractivity contribution in [2.24, 2.45) is 0 Å². The number of carbonyl (C=O) groups excluding carboxylic acids is 1. The van der Waals surface area contributed by atoms with Gasteiger partial charge in [-0.3, -0.25) is 9.69 Å². The summed E-state index contributed by atoms with van der Waals surface area (Å²) in [6.07, 6.45) is 0. The van der Waals surface area contributed by atoms with E-state index in [9.17, 15) is 4.79 Å². The maximum absolute atomic E-state index is 11.8. The summed E-state index contributed by atoms with van der Waals surface area (Å²) in [5, 5.41) is 2.92. The number of nitrogens with zero attached hydrogens (tertiary/aromatic N) is 2. The van der Waals surface area contributed by atoms with Crippen molar-refractivity contribution >= 4 is 18.3 Å². The van der Waals surface area contributed by atoms with E-state index in [1.165, 1.54) is 11.1 Å². The number of hydrogen-bond donors (Lipinski definition) is 1. The van der Waals surface area contributed by atoms with E-state index >= 15 is 0 Å². The molecule has 1 aliphatic rings. The summed E-state index contributed by atoms with van der Waals surface area (Å²) in [5.74, 6) is 0.206. The van der Waals surface area contributed by atoms with E-state index in [2.05, 4.69) is 41.4 Å². The maximum atomic E-state index is 11.8. The number of amides is 1. The summed E-state index contributed by atoms with van der Waals surface area (Å²) in [4.78, 5) is 16.1. The fourth-order valence-corrected chi connectivity index (χ4v) is 2.49. The SMILES string of the molecule is CNCC(=O)N1CCN(Cc2cccc(C)c2)CC1.Cl. The normalized spacial score (nSPS) is 15.8. The zero-order valence-electron chi connectivity index (χ0n) is 12.3. The van der Waals surface area contributed by atoms with E-state index in [0.29, 0.717) is 6.54 Å². The highest BCUT2D eigenvalue weighted by Crippen LogP contribution is 2.10. The van der Waals surface area contributed by atoms with Gasteiger partial charge in [-0.05, 0) is 19.5 Å². The molecule has 1 aromatic rings. The number of aryl methyl sites for hydroxylation is 1. The molecule has 0 radical (unpaired) electrons. The van der Waals surface area contributed by atoms with Crippen LogP contribution in [0.4, 0.5) is 0 Å². The molecule has 1 saturated heterocycles. The first kappa shape index (κ1) is 17.0. The van der Waals surface area contributed by atoms with Gasteiger partial charge in [-0.2, -0.15) is 0 Å². The molecule has 1 aliphatic heterocycles. The fraction of sp³-hybridized carbons (Fsp3) is 0.533. The van der Waals surface area contributed by atoms with Gasteiger partial charge in [0.15, 0.2) is 0 Å². The van der Waals surface area contributed by atoms with Gasteiger partial charge in [0.2, 0.25) is 5.91 Å². The number of carbonyl (C=O) groups is 1. The van der Waals surface area contributed by atoms with Crippen molar-refractivity contribution in [3.8, 4) is 0 Å². The second-order valence-electron chi connectivity index (χ2n) is 5.18. The second kappa shape index (κ2) is 8.25. The highest BCUT2D eigenvalue weighted by atomic mass is 35.5. The Labute approximate surface area is 127 Å². The number of nitrogens with one attached hydrogen (secondary N) is 1. The van der Waals surface area contributed by atoms with Crippen LogP contribution in [0, 0.1) is 6.92 Å². The smallest absolute Gasteiger partial charge is 0.236 e. The first-order valence-corrected chi connectivity index (χ1v) is 6.89. The van der Waals surface area contributed by atoms with Crippen molar-refractivity contribution in [2.45, 2.75) is 13.5 Å². The van der Waals surface area contributed by atoms with E-state index in [4.69, 9.17) is 0 Å². The zero-order valence-corrected chi connectivity index (χ0v) is 13.1. The molecule has 1 amide bonds. The molecule has 1 fully saturated rings. The minimum absolute atomic E-state index is 0. The molecule has 5 heteroatoms. The number of piperazine rings is 1. The minimum atomic E-state index is 0. The predicted molar refractivity (Wildman–Crippen MR) is 84.2 cm³/mol. The topological polar surface area (TPSA) is 35.6 Å². The third-order valence-corrected chi connectivity index (χ3v) is 3.54. The molecule has 4 nitrogen and oxygen atoms in total. The molecule has 0 unspecified atom stereocenters. The number of benzene rings is 1. The first-order valence-electron chi connectivity index (χ1n) is 6.89. The van der Waals surface area contributed by atoms with Crippen LogP contribution in [-0.2, 0) is 11.3 Å². The van der Waals surface area contributed by atoms with Crippen LogP contribution < -0.4 is 5.32 Å². The lowest BCUT2D eigenvalue weighted by atomic mass is 10.1. The average Bonchev–Trinajstić information content (AvgIpc) is 2.40. The van der Waals surface area contributed by atoms with Crippen molar-refractivity contribution in [3.63, 3.8) is 0 Å². The van der Waals surface area contributed by atoms with Gasteiger partial charge in [-0.25, -0.2) is 0 Å². The molecule has 0 saturated carbocycles. The number of likely N-dealkylation sites (N-methyl/N-ethyl adjacent to an activating group) is 1. The molecule has 1 heterocycles. The van der Waals surface area contributed by atoms with E-state index in [1.807, 2.05) is 11.9 Å². The average molecular weight is 298 g/mol. The lowest BCUT2D eigenvalue weighted by Gasteiger charge is -2.34. The second-order valence-corrected chi connectivity index (χ2v) is 5.18. The first-order chi connectivity index (χ1) is 9.19. The summed E-state index contributed by atoms with van der Waals surface area (Å²) in [6, 6.07) is 8.64.